The summed E-state index contributed by atoms with van der Waals surface area (Å²) in [7, 11) is 0. The van der Waals surface area contributed by atoms with Crippen molar-refractivity contribution >= 4 is 17.2 Å². The van der Waals surface area contributed by atoms with Gasteiger partial charge in [-0.25, -0.2) is 8.78 Å². The highest BCUT2D eigenvalue weighted by molar-refractivity contribution is 6.01. The van der Waals surface area contributed by atoms with Crippen molar-refractivity contribution in [2.24, 2.45) is 5.41 Å². The predicted molar refractivity (Wildman–Crippen MR) is 97.8 cm³/mol. The summed E-state index contributed by atoms with van der Waals surface area (Å²) in [5, 5.41) is 6.75. The van der Waals surface area contributed by atoms with Crippen LogP contribution in [0.25, 0.3) is 0 Å². The van der Waals surface area contributed by atoms with Gasteiger partial charge in [-0.15, -0.1) is 0 Å². The fourth-order valence-corrected chi connectivity index (χ4v) is 3.83. The van der Waals surface area contributed by atoms with Gasteiger partial charge in [-0.2, -0.15) is 0 Å². The van der Waals surface area contributed by atoms with Crippen LogP contribution in [0.5, 0.6) is 0 Å². The number of rotatable bonds is 1. The number of benzene rings is 2. The van der Waals surface area contributed by atoms with E-state index in [1.165, 1.54) is 12.1 Å². The lowest BCUT2D eigenvalue weighted by atomic mass is 9.73. The Hall–Kier alpha value is -2.69. The number of hydrogen-bond donors (Lipinski definition) is 2. The molecule has 0 amide bonds. The highest BCUT2D eigenvalue weighted by Gasteiger charge is 2.38. The van der Waals surface area contributed by atoms with Gasteiger partial charge in [0, 0.05) is 17.7 Å². The Morgan fingerprint density at radius 2 is 1.73 bits per heavy atom. The van der Waals surface area contributed by atoms with Crippen molar-refractivity contribution in [3.8, 4) is 0 Å². The molecule has 2 aromatic rings. The normalized spacial score (nSPS) is 21.2. The zero-order valence-electron chi connectivity index (χ0n) is 14.7. The first-order valence-electron chi connectivity index (χ1n) is 8.68. The molecule has 0 radical (unpaired) electrons. The summed E-state index contributed by atoms with van der Waals surface area (Å²) >= 11 is 0. The van der Waals surface area contributed by atoms with E-state index in [2.05, 4.69) is 24.5 Å². The topological polar surface area (TPSA) is 41.1 Å². The number of carbonyl (C=O) groups excluding carboxylic acids is 1. The van der Waals surface area contributed by atoms with Gasteiger partial charge in [0.15, 0.2) is 17.4 Å². The van der Waals surface area contributed by atoms with E-state index >= 15 is 0 Å². The maximum Gasteiger partial charge on any atom is 0.163 e. The summed E-state index contributed by atoms with van der Waals surface area (Å²) in [5.41, 5.74) is 3.52. The monoisotopic (exact) mass is 354 g/mol. The second-order valence-corrected chi connectivity index (χ2v) is 7.75. The van der Waals surface area contributed by atoms with Gasteiger partial charge >= 0.3 is 0 Å². The third-order valence-electron chi connectivity index (χ3n) is 5.00. The molecule has 1 aliphatic carbocycles. The van der Waals surface area contributed by atoms with E-state index in [-0.39, 0.29) is 11.2 Å². The predicted octanol–water partition coefficient (Wildman–Crippen LogP) is 5.19. The molecule has 0 fully saturated rings. The van der Waals surface area contributed by atoms with Gasteiger partial charge in [-0.3, -0.25) is 4.79 Å². The second kappa shape index (κ2) is 5.94. The number of ketones is 1. The van der Waals surface area contributed by atoms with Gasteiger partial charge in [-0.1, -0.05) is 32.0 Å². The SMILES string of the molecule is CC1(C)CC(=O)C2=C(C1)Nc1ccccc1N[C@@H]2c1ccc(F)c(F)c1. The summed E-state index contributed by atoms with van der Waals surface area (Å²) in [6.07, 6.45) is 1.13. The maximum absolute atomic E-state index is 13.9. The van der Waals surface area contributed by atoms with Crippen molar-refractivity contribution in [3.63, 3.8) is 0 Å². The fourth-order valence-electron chi connectivity index (χ4n) is 3.83. The first-order chi connectivity index (χ1) is 12.3. The van der Waals surface area contributed by atoms with E-state index in [0.717, 1.165) is 23.1 Å². The Morgan fingerprint density at radius 1 is 1.00 bits per heavy atom. The van der Waals surface area contributed by atoms with Crippen molar-refractivity contribution in [2.45, 2.75) is 32.7 Å². The quantitative estimate of drug-likeness (QED) is 0.741. The molecule has 1 aliphatic heterocycles. The molecule has 0 saturated carbocycles. The molecule has 0 saturated heterocycles. The maximum atomic E-state index is 13.9. The van der Waals surface area contributed by atoms with Crippen molar-refractivity contribution in [3.05, 3.63) is 70.9 Å². The number of carbonyl (C=O) groups is 1. The van der Waals surface area contributed by atoms with Crippen molar-refractivity contribution < 1.29 is 13.6 Å². The number of anilines is 2. The zero-order valence-corrected chi connectivity index (χ0v) is 14.7. The number of fused-ring (bicyclic) bond motifs is 1. The Bertz CT molecular complexity index is 933. The first kappa shape index (κ1) is 16.8. The van der Waals surface area contributed by atoms with Crippen LogP contribution < -0.4 is 10.6 Å². The average Bonchev–Trinajstić information content (AvgIpc) is 2.72. The third kappa shape index (κ3) is 2.87. The second-order valence-electron chi connectivity index (χ2n) is 7.75. The van der Waals surface area contributed by atoms with Crippen LogP contribution >= 0.6 is 0 Å². The molecule has 2 aromatic carbocycles. The molecule has 4 rings (SSSR count). The van der Waals surface area contributed by atoms with Crippen LogP contribution in [-0.4, -0.2) is 5.78 Å². The molecule has 3 nitrogen and oxygen atoms in total. The van der Waals surface area contributed by atoms with Crippen LogP contribution in [0.3, 0.4) is 0 Å². The van der Waals surface area contributed by atoms with Crippen molar-refractivity contribution in [2.75, 3.05) is 10.6 Å². The van der Waals surface area contributed by atoms with E-state index in [1.807, 2.05) is 24.3 Å². The number of allylic oxidation sites excluding steroid dienone is 1. The highest BCUT2D eigenvalue weighted by atomic mass is 19.2. The summed E-state index contributed by atoms with van der Waals surface area (Å²) in [6, 6.07) is 10.9. The van der Waals surface area contributed by atoms with E-state index in [4.69, 9.17) is 0 Å². The number of hydrogen-bond acceptors (Lipinski definition) is 3. The summed E-state index contributed by atoms with van der Waals surface area (Å²) in [4.78, 5) is 13.0. The summed E-state index contributed by atoms with van der Waals surface area (Å²) in [6.45, 7) is 4.13. The first-order valence-corrected chi connectivity index (χ1v) is 8.68. The number of para-hydroxylation sites is 2. The van der Waals surface area contributed by atoms with E-state index < -0.39 is 17.7 Å². The van der Waals surface area contributed by atoms with Crippen molar-refractivity contribution in [1.82, 2.24) is 0 Å². The van der Waals surface area contributed by atoms with Crippen LogP contribution in [-0.2, 0) is 4.79 Å². The van der Waals surface area contributed by atoms with E-state index in [9.17, 15) is 13.6 Å². The van der Waals surface area contributed by atoms with Gasteiger partial charge in [-0.05, 0) is 41.7 Å². The van der Waals surface area contributed by atoms with Gasteiger partial charge in [0.25, 0.3) is 0 Å². The van der Waals surface area contributed by atoms with Crippen LogP contribution in [0.4, 0.5) is 20.2 Å². The zero-order chi connectivity index (χ0) is 18.5. The van der Waals surface area contributed by atoms with E-state index in [1.54, 1.807) is 0 Å². The molecule has 0 unspecified atom stereocenters. The molecule has 1 heterocycles. The van der Waals surface area contributed by atoms with Gasteiger partial charge < -0.3 is 10.6 Å². The molecule has 26 heavy (non-hydrogen) atoms. The molecule has 0 spiro atoms. The standard InChI is InChI=1S/C21H20F2N2O/c1-21(2)10-17-19(18(26)11-21)20(12-7-8-13(22)14(23)9-12)25-16-6-4-3-5-15(16)24-17/h3-9,20,24-25H,10-11H2,1-2H3/t20-/m1/s1. The van der Waals surface area contributed by atoms with Crippen LogP contribution in [0.1, 0.15) is 38.3 Å². The highest BCUT2D eigenvalue weighted by Crippen LogP contribution is 2.45. The minimum atomic E-state index is -0.916. The molecule has 2 N–H and O–H groups in total. The van der Waals surface area contributed by atoms with Gasteiger partial charge in [0.2, 0.25) is 0 Å². The average molecular weight is 354 g/mol. The summed E-state index contributed by atoms with van der Waals surface area (Å²) < 4.78 is 27.3. The number of halogens is 2. The summed E-state index contributed by atoms with van der Waals surface area (Å²) in [5.74, 6) is -1.79. The van der Waals surface area contributed by atoms with Gasteiger partial charge in [0.1, 0.15) is 0 Å². The van der Waals surface area contributed by atoms with Crippen LogP contribution in [0, 0.1) is 17.0 Å². The van der Waals surface area contributed by atoms with E-state index in [0.29, 0.717) is 24.0 Å². The molecule has 0 bridgehead atoms. The number of nitrogens with one attached hydrogen (secondary N) is 2. The molecular weight excluding hydrogens is 334 g/mol. The molecule has 5 heteroatoms. The number of Topliss-reactive ketones (excluding diaryl/α,β-unsaturated/α-hetero) is 1. The molecule has 134 valence electrons. The Kier molecular flexibility index (Phi) is 3.83. The minimum absolute atomic E-state index is 0.0267. The molecule has 1 atom stereocenters. The molecule has 2 aliphatic rings. The van der Waals surface area contributed by atoms with Crippen molar-refractivity contribution in [1.29, 1.82) is 0 Å². The molecule has 0 aromatic heterocycles. The Labute approximate surface area is 151 Å². The molecular formula is C21H20F2N2O. The lowest BCUT2D eigenvalue weighted by Crippen LogP contribution is -2.31. The van der Waals surface area contributed by atoms with Gasteiger partial charge in [0.05, 0.1) is 17.4 Å². The third-order valence-corrected chi connectivity index (χ3v) is 5.00. The Balaban J connectivity index is 1.89. The largest absolute Gasteiger partial charge is 0.372 e. The fraction of sp³-hybridized carbons (Fsp3) is 0.286. The smallest absolute Gasteiger partial charge is 0.163 e. The lowest BCUT2D eigenvalue weighted by molar-refractivity contribution is -0.118. The Morgan fingerprint density at radius 3 is 2.46 bits per heavy atom. The minimum Gasteiger partial charge on any atom is -0.372 e. The van der Waals surface area contributed by atoms with Crippen LogP contribution in [0.2, 0.25) is 0 Å². The lowest BCUT2D eigenvalue weighted by Gasteiger charge is -2.34. The van der Waals surface area contributed by atoms with Crippen LogP contribution in [0.15, 0.2) is 53.7 Å².